The lowest BCUT2D eigenvalue weighted by Crippen LogP contribution is -2.01. The fourth-order valence-electron chi connectivity index (χ4n) is 2.46. The van der Waals surface area contributed by atoms with Crippen LogP contribution < -0.4 is 0 Å². The molecule has 0 bridgehead atoms. The van der Waals surface area contributed by atoms with Crippen molar-refractivity contribution >= 4 is 16.9 Å². The molecule has 4 nitrogen and oxygen atoms in total. The van der Waals surface area contributed by atoms with Gasteiger partial charge in [-0.2, -0.15) is 5.26 Å². The number of fused-ring (bicyclic) bond motifs is 1. The Balaban J connectivity index is 2.01. The Kier molecular flexibility index (Phi) is 3.17. The zero-order chi connectivity index (χ0) is 14.8. The predicted octanol–water partition coefficient (Wildman–Crippen LogP) is 3.26. The van der Waals surface area contributed by atoms with E-state index in [0.717, 1.165) is 16.5 Å². The molecule has 3 rings (SSSR count). The number of nitriles is 1. The van der Waals surface area contributed by atoms with E-state index in [2.05, 4.69) is 6.07 Å². The topological polar surface area (TPSA) is 66.0 Å². The fourth-order valence-corrected chi connectivity index (χ4v) is 2.46. The van der Waals surface area contributed by atoms with Crippen molar-refractivity contribution in [1.29, 1.82) is 5.26 Å². The number of carboxylic acids is 1. The maximum atomic E-state index is 11.0. The Hall–Kier alpha value is -3.06. The largest absolute Gasteiger partial charge is 0.478 e. The normalized spacial score (nSPS) is 10.4. The molecule has 0 saturated carbocycles. The van der Waals surface area contributed by atoms with Crippen molar-refractivity contribution in [3.05, 3.63) is 71.4 Å². The number of benzene rings is 2. The minimum atomic E-state index is -0.930. The van der Waals surface area contributed by atoms with E-state index in [-0.39, 0.29) is 5.56 Å². The molecule has 0 aliphatic heterocycles. The van der Waals surface area contributed by atoms with Crippen molar-refractivity contribution < 1.29 is 9.90 Å². The second kappa shape index (κ2) is 5.14. The average Bonchev–Trinajstić information content (AvgIpc) is 2.90. The van der Waals surface area contributed by atoms with E-state index in [1.54, 1.807) is 24.3 Å². The van der Waals surface area contributed by atoms with Gasteiger partial charge in [0.2, 0.25) is 0 Å². The molecule has 0 radical (unpaired) electrons. The lowest BCUT2D eigenvalue weighted by atomic mass is 10.1. The molecular formula is C17H12N2O2. The summed E-state index contributed by atoms with van der Waals surface area (Å²) in [5.74, 6) is -0.930. The third-order valence-corrected chi connectivity index (χ3v) is 3.46. The summed E-state index contributed by atoms with van der Waals surface area (Å²) >= 11 is 0. The number of carbonyl (C=O) groups is 1. The van der Waals surface area contributed by atoms with Gasteiger partial charge in [0.1, 0.15) is 0 Å². The van der Waals surface area contributed by atoms with Crippen molar-refractivity contribution in [3.63, 3.8) is 0 Å². The molecule has 0 spiro atoms. The highest BCUT2D eigenvalue weighted by molar-refractivity contribution is 5.88. The first-order valence-corrected chi connectivity index (χ1v) is 6.49. The number of hydrogen-bond acceptors (Lipinski definition) is 2. The summed E-state index contributed by atoms with van der Waals surface area (Å²) < 4.78 is 2.01. The number of rotatable bonds is 3. The average molecular weight is 276 g/mol. The zero-order valence-corrected chi connectivity index (χ0v) is 11.2. The van der Waals surface area contributed by atoms with Crippen LogP contribution in [0.1, 0.15) is 21.5 Å². The van der Waals surface area contributed by atoms with Crippen molar-refractivity contribution in [2.45, 2.75) is 6.54 Å². The summed E-state index contributed by atoms with van der Waals surface area (Å²) in [5.41, 5.74) is 2.80. The van der Waals surface area contributed by atoms with E-state index in [0.29, 0.717) is 12.1 Å². The number of aromatic nitrogens is 1. The highest BCUT2D eigenvalue weighted by Gasteiger charge is 2.07. The van der Waals surface area contributed by atoms with Crippen molar-refractivity contribution in [2.75, 3.05) is 0 Å². The van der Waals surface area contributed by atoms with Gasteiger partial charge >= 0.3 is 5.97 Å². The van der Waals surface area contributed by atoms with Crippen LogP contribution in [-0.2, 0) is 6.54 Å². The number of hydrogen-bond donors (Lipinski definition) is 1. The summed E-state index contributed by atoms with van der Waals surface area (Å²) in [6.07, 6.45) is 1.92. The number of carboxylic acid groups (broad SMARTS) is 1. The summed E-state index contributed by atoms with van der Waals surface area (Å²) in [5, 5.41) is 19.1. The van der Waals surface area contributed by atoms with Crippen LogP contribution in [0.5, 0.6) is 0 Å². The van der Waals surface area contributed by atoms with Crippen LogP contribution in [0.15, 0.2) is 54.7 Å². The predicted molar refractivity (Wildman–Crippen MR) is 79.2 cm³/mol. The van der Waals surface area contributed by atoms with E-state index in [1.807, 2.05) is 35.0 Å². The van der Waals surface area contributed by atoms with Crippen molar-refractivity contribution in [1.82, 2.24) is 4.57 Å². The van der Waals surface area contributed by atoms with Crippen LogP contribution in [0.3, 0.4) is 0 Å². The molecule has 0 unspecified atom stereocenters. The summed E-state index contributed by atoms with van der Waals surface area (Å²) in [4.78, 5) is 11.0. The van der Waals surface area contributed by atoms with Crippen molar-refractivity contribution in [3.8, 4) is 6.07 Å². The first kappa shape index (κ1) is 12.9. The van der Waals surface area contributed by atoms with E-state index < -0.39 is 5.97 Å². The quantitative estimate of drug-likeness (QED) is 0.798. The van der Waals surface area contributed by atoms with E-state index in [9.17, 15) is 4.79 Å². The highest BCUT2D eigenvalue weighted by atomic mass is 16.4. The minimum absolute atomic E-state index is 0.279. The van der Waals surface area contributed by atoms with Gasteiger partial charge in [0, 0.05) is 23.6 Å². The van der Waals surface area contributed by atoms with Crippen LogP contribution in [-0.4, -0.2) is 15.6 Å². The maximum absolute atomic E-state index is 11.0. The van der Waals surface area contributed by atoms with Crippen LogP contribution >= 0.6 is 0 Å². The molecule has 0 fully saturated rings. The molecule has 0 aliphatic rings. The SMILES string of the molecule is N#Cc1cccc2c1ccn2Cc1cccc(C(=O)O)c1. The molecule has 0 saturated heterocycles. The Morgan fingerprint density at radius 3 is 2.76 bits per heavy atom. The molecule has 2 aromatic carbocycles. The van der Waals surface area contributed by atoms with Gasteiger partial charge in [-0.05, 0) is 35.9 Å². The van der Waals surface area contributed by atoms with Gasteiger partial charge in [0.05, 0.1) is 17.2 Å². The Labute approximate surface area is 121 Å². The highest BCUT2D eigenvalue weighted by Crippen LogP contribution is 2.21. The molecule has 0 atom stereocenters. The Bertz CT molecular complexity index is 872. The minimum Gasteiger partial charge on any atom is -0.478 e. The molecule has 102 valence electrons. The van der Waals surface area contributed by atoms with E-state index in [4.69, 9.17) is 10.4 Å². The molecule has 0 aliphatic carbocycles. The summed E-state index contributed by atoms with van der Waals surface area (Å²) in [6.45, 7) is 0.569. The molecule has 1 heterocycles. The van der Waals surface area contributed by atoms with Crippen LogP contribution in [0.2, 0.25) is 0 Å². The molecule has 1 N–H and O–H groups in total. The number of nitrogens with zero attached hydrogens (tertiary/aromatic N) is 2. The first-order chi connectivity index (χ1) is 10.2. The van der Waals surface area contributed by atoms with E-state index >= 15 is 0 Å². The standard InChI is InChI=1S/C17H12N2O2/c18-10-14-5-2-6-16-15(14)7-8-19(16)11-12-3-1-4-13(9-12)17(20)21/h1-9H,11H2,(H,20,21). The molecule has 3 aromatic rings. The monoisotopic (exact) mass is 276 g/mol. The second-order valence-corrected chi connectivity index (χ2v) is 4.80. The summed E-state index contributed by atoms with van der Waals surface area (Å²) in [7, 11) is 0. The first-order valence-electron chi connectivity index (χ1n) is 6.49. The van der Waals surface area contributed by atoms with Gasteiger partial charge in [-0.25, -0.2) is 4.79 Å². The maximum Gasteiger partial charge on any atom is 0.335 e. The molecule has 4 heteroatoms. The van der Waals surface area contributed by atoms with E-state index in [1.165, 1.54) is 0 Å². The van der Waals surface area contributed by atoms with Gasteiger partial charge in [0.15, 0.2) is 0 Å². The van der Waals surface area contributed by atoms with Gasteiger partial charge < -0.3 is 9.67 Å². The van der Waals surface area contributed by atoms with Gasteiger partial charge in [-0.1, -0.05) is 18.2 Å². The van der Waals surface area contributed by atoms with Crippen LogP contribution in [0.4, 0.5) is 0 Å². The fraction of sp³-hybridized carbons (Fsp3) is 0.0588. The molecule has 21 heavy (non-hydrogen) atoms. The third-order valence-electron chi connectivity index (χ3n) is 3.46. The van der Waals surface area contributed by atoms with Crippen LogP contribution in [0.25, 0.3) is 10.9 Å². The van der Waals surface area contributed by atoms with Gasteiger partial charge in [-0.3, -0.25) is 0 Å². The van der Waals surface area contributed by atoms with Crippen LogP contribution in [0, 0.1) is 11.3 Å². The second-order valence-electron chi connectivity index (χ2n) is 4.80. The Morgan fingerprint density at radius 2 is 2.00 bits per heavy atom. The van der Waals surface area contributed by atoms with Gasteiger partial charge in [0.25, 0.3) is 0 Å². The Morgan fingerprint density at radius 1 is 1.19 bits per heavy atom. The smallest absolute Gasteiger partial charge is 0.335 e. The lowest BCUT2D eigenvalue weighted by molar-refractivity contribution is 0.0696. The summed E-state index contributed by atoms with van der Waals surface area (Å²) in [6, 6.07) is 16.6. The van der Waals surface area contributed by atoms with Gasteiger partial charge in [-0.15, -0.1) is 0 Å². The zero-order valence-electron chi connectivity index (χ0n) is 11.2. The van der Waals surface area contributed by atoms with Crippen molar-refractivity contribution in [2.24, 2.45) is 0 Å². The molecule has 1 aromatic heterocycles. The molecular weight excluding hydrogens is 264 g/mol. The molecule has 0 amide bonds. The number of aromatic carboxylic acids is 1. The lowest BCUT2D eigenvalue weighted by Gasteiger charge is -2.07. The third kappa shape index (κ3) is 2.37.